The van der Waals surface area contributed by atoms with Crippen LogP contribution in [0.4, 0.5) is 0 Å². The van der Waals surface area contributed by atoms with Crippen molar-refractivity contribution in [3.8, 4) is 0 Å². The van der Waals surface area contributed by atoms with Crippen LogP contribution in [-0.2, 0) is 21.2 Å². The van der Waals surface area contributed by atoms with Gasteiger partial charge in [-0.05, 0) is 40.4 Å². The van der Waals surface area contributed by atoms with Gasteiger partial charge < -0.3 is 5.32 Å². The molecule has 0 fully saturated rings. The quantitative estimate of drug-likeness (QED) is 0.585. The van der Waals surface area contributed by atoms with E-state index in [1.54, 1.807) is 22.8 Å². The highest BCUT2D eigenvalue weighted by Crippen LogP contribution is 2.27. The third-order valence-corrected chi connectivity index (χ3v) is 8.49. The lowest BCUT2D eigenvalue weighted by molar-refractivity contribution is -0.121. The number of rotatable bonds is 8. The highest BCUT2D eigenvalue weighted by molar-refractivity contribution is 7.91. The zero-order valence-corrected chi connectivity index (χ0v) is 18.1. The summed E-state index contributed by atoms with van der Waals surface area (Å²) >= 11 is 2.69. The molecule has 3 aromatic rings. The zero-order valence-electron chi connectivity index (χ0n) is 15.7. The number of sulfonamides is 1. The average molecular weight is 435 g/mol. The van der Waals surface area contributed by atoms with E-state index in [9.17, 15) is 13.2 Å². The minimum atomic E-state index is -3.66. The van der Waals surface area contributed by atoms with Gasteiger partial charge in [0.2, 0.25) is 5.91 Å². The predicted molar refractivity (Wildman–Crippen MR) is 114 cm³/mol. The Bertz CT molecular complexity index is 996. The summed E-state index contributed by atoms with van der Waals surface area (Å²) in [6, 6.07) is 14.9. The molecule has 0 radical (unpaired) electrons. The number of hydrogen-bond donors (Lipinski definition) is 1. The molecule has 0 aliphatic carbocycles. The van der Waals surface area contributed by atoms with Gasteiger partial charge in [0.25, 0.3) is 10.0 Å². The topological polar surface area (TPSA) is 66.5 Å². The minimum Gasteiger partial charge on any atom is -0.343 e. The number of aryl methyl sites for hydroxylation is 1. The number of nitrogens with zero attached hydrogens (tertiary/aromatic N) is 1. The van der Waals surface area contributed by atoms with Gasteiger partial charge in [0.05, 0.1) is 12.6 Å². The van der Waals surface area contributed by atoms with E-state index in [0.717, 1.165) is 32.5 Å². The third-order valence-electron chi connectivity index (χ3n) is 4.38. The number of likely N-dealkylation sites (N-methyl/N-ethyl adjacent to an activating group) is 1. The lowest BCUT2D eigenvalue weighted by Crippen LogP contribution is -2.39. The zero-order chi connectivity index (χ0) is 20.1. The number of thiophene rings is 2. The molecule has 0 saturated carbocycles. The number of carbonyl (C=O) groups is 1. The largest absolute Gasteiger partial charge is 0.343 e. The van der Waals surface area contributed by atoms with Crippen LogP contribution in [-0.4, -0.2) is 32.2 Å². The van der Waals surface area contributed by atoms with Crippen molar-refractivity contribution in [2.75, 3.05) is 13.6 Å². The Morgan fingerprint density at radius 1 is 1.07 bits per heavy atom. The second-order valence-electron chi connectivity index (χ2n) is 6.30. The fraction of sp³-hybridized carbons (Fsp3) is 0.250. The summed E-state index contributed by atoms with van der Waals surface area (Å²) in [5.74, 6) is -0.347. The van der Waals surface area contributed by atoms with Crippen LogP contribution in [0.15, 0.2) is 63.5 Å². The lowest BCUT2D eigenvalue weighted by atomic mass is 10.0. The maximum absolute atomic E-state index is 12.7. The monoisotopic (exact) mass is 434 g/mol. The highest BCUT2D eigenvalue weighted by Gasteiger charge is 2.25. The summed E-state index contributed by atoms with van der Waals surface area (Å²) in [6.07, 6.45) is 0.946. The first kappa shape index (κ1) is 20.7. The molecule has 8 heteroatoms. The Kier molecular flexibility index (Phi) is 6.66. The second-order valence-corrected chi connectivity index (χ2v) is 10.5. The van der Waals surface area contributed by atoms with Crippen LogP contribution in [0.2, 0.25) is 0 Å². The highest BCUT2D eigenvalue weighted by atomic mass is 32.2. The SMILES string of the molecule is CCc1ccc(C(NC(=O)CN(C)S(=O)(=O)c2cccs2)c2cccs2)cc1. The van der Waals surface area contributed by atoms with Crippen molar-refractivity contribution in [3.05, 3.63) is 75.3 Å². The molecule has 0 saturated heterocycles. The first-order valence-electron chi connectivity index (χ1n) is 8.83. The molecule has 0 aliphatic heterocycles. The summed E-state index contributed by atoms with van der Waals surface area (Å²) in [4.78, 5) is 13.7. The number of amides is 1. The van der Waals surface area contributed by atoms with Gasteiger partial charge in [0, 0.05) is 11.9 Å². The van der Waals surface area contributed by atoms with E-state index in [2.05, 4.69) is 24.4 Å². The Morgan fingerprint density at radius 3 is 2.32 bits per heavy atom. The van der Waals surface area contributed by atoms with Crippen molar-refractivity contribution in [3.63, 3.8) is 0 Å². The van der Waals surface area contributed by atoms with Crippen molar-refractivity contribution in [1.29, 1.82) is 0 Å². The number of hydrogen-bond acceptors (Lipinski definition) is 5. The molecule has 0 bridgehead atoms. The van der Waals surface area contributed by atoms with Gasteiger partial charge >= 0.3 is 0 Å². The van der Waals surface area contributed by atoms with E-state index in [1.807, 2.05) is 29.6 Å². The molecule has 1 amide bonds. The smallest absolute Gasteiger partial charge is 0.252 e. The van der Waals surface area contributed by atoms with Crippen LogP contribution < -0.4 is 5.32 Å². The van der Waals surface area contributed by atoms with Crippen LogP contribution in [0, 0.1) is 0 Å². The van der Waals surface area contributed by atoms with Crippen molar-refractivity contribution in [2.45, 2.75) is 23.6 Å². The molecule has 2 heterocycles. The minimum absolute atomic E-state index is 0.229. The lowest BCUT2D eigenvalue weighted by Gasteiger charge is -2.21. The Labute approximate surface area is 173 Å². The van der Waals surface area contributed by atoms with Crippen LogP contribution in [0.5, 0.6) is 0 Å². The van der Waals surface area contributed by atoms with E-state index in [1.165, 1.54) is 18.7 Å². The van der Waals surface area contributed by atoms with E-state index in [-0.39, 0.29) is 22.7 Å². The molecule has 1 aromatic carbocycles. The van der Waals surface area contributed by atoms with Crippen LogP contribution in [0.3, 0.4) is 0 Å². The van der Waals surface area contributed by atoms with Gasteiger partial charge in [-0.15, -0.1) is 22.7 Å². The predicted octanol–water partition coefficient (Wildman–Crippen LogP) is 3.90. The van der Waals surface area contributed by atoms with Gasteiger partial charge in [0.1, 0.15) is 4.21 Å². The van der Waals surface area contributed by atoms with E-state index in [0.29, 0.717) is 0 Å². The molecule has 5 nitrogen and oxygen atoms in total. The van der Waals surface area contributed by atoms with Crippen molar-refractivity contribution < 1.29 is 13.2 Å². The fourth-order valence-corrected chi connectivity index (χ4v) is 5.91. The summed E-state index contributed by atoms with van der Waals surface area (Å²) in [6.45, 7) is 1.85. The second kappa shape index (κ2) is 9.00. The first-order chi connectivity index (χ1) is 13.4. The van der Waals surface area contributed by atoms with Gasteiger partial charge in [-0.25, -0.2) is 8.42 Å². The molecular weight excluding hydrogens is 412 g/mol. The number of benzene rings is 1. The summed E-state index contributed by atoms with van der Waals surface area (Å²) < 4.78 is 26.4. The maximum Gasteiger partial charge on any atom is 0.252 e. The molecule has 0 spiro atoms. The van der Waals surface area contributed by atoms with Crippen molar-refractivity contribution in [2.24, 2.45) is 0 Å². The fourth-order valence-electron chi connectivity index (χ4n) is 2.78. The molecule has 1 unspecified atom stereocenters. The van der Waals surface area contributed by atoms with Crippen LogP contribution in [0.25, 0.3) is 0 Å². The molecule has 3 rings (SSSR count). The molecule has 28 heavy (non-hydrogen) atoms. The van der Waals surface area contributed by atoms with Gasteiger partial charge in [-0.1, -0.05) is 43.3 Å². The maximum atomic E-state index is 12.7. The Balaban J connectivity index is 1.76. The molecular formula is C20H22N2O3S3. The Hall–Kier alpha value is -2.00. The molecule has 0 aliphatic rings. The summed E-state index contributed by atoms with van der Waals surface area (Å²) in [7, 11) is -2.24. The van der Waals surface area contributed by atoms with Gasteiger partial charge in [0.15, 0.2) is 0 Å². The summed E-state index contributed by atoms with van der Waals surface area (Å²) in [5, 5.41) is 6.65. The standard InChI is InChI=1S/C20H22N2O3S3/c1-3-15-8-10-16(11-9-15)20(17-6-4-12-26-17)21-18(23)14-22(2)28(24,25)19-7-5-13-27-19/h4-13,20H,3,14H2,1-2H3,(H,21,23). The molecule has 2 aromatic heterocycles. The van der Waals surface area contributed by atoms with Gasteiger partial charge in [-0.2, -0.15) is 4.31 Å². The molecule has 1 N–H and O–H groups in total. The van der Waals surface area contributed by atoms with E-state index in [4.69, 9.17) is 0 Å². The van der Waals surface area contributed by atoms with E-state index < -0.39 is 10.0 Å². The van der Waals surface area contributed by atoms with Crippen LogP contribution in [0.1, 0.15) is 29.0 Å². The van der Waals surface area contributed by atoms with E-state index >= 15 is 0 Å². The Morgan fingerprint density at radius 2 is 1.75 bits per heavy atom. The number of nitrogens with one attached hydrogen (secondary N) is 1. The molecule has 148 valence electrons. The molecule has 1 atom stereocenters. The number of carbonyl (C=O) groups excluding carboxylic acids is 1. The van der Waals surface area contributed by atoms with Crippen molar-refractivity contribution in [1.82, 2.24) is 9.62 Å². The first-order valence-corrected chi connectivity index (χ1v) is 12.0. The van der Waals surface area contributed by atoms with Gasteiger partial charge in [-0.3, -0.25) is 4.79 Å². The summed E-state index contributed by atoms with van der Waals surface area (Å²) in [5.41, 5.74) is 2.19. The van der Waals surface area contributed by atoms with Crippen LogP contribution >= 0.6 is 22.7 Å². The normalized spacial score (nSPS) is 12.8. The third kappa shape index (κ3) is 4.70. The van der Waals surface area contributed by atoms with Crippen molar-refractivity contribution >= 4 is 38.6 Å². The average Bonchev–Trinajstić information content (AvgIpc) is 3.40.